The Morgan fingerprint density at radius 2 is 2.57 bits per heavy atom. The SMILES string of the molecule is [O-][N+]1=NC=CNN1. The number of nitrogens with one attached hydrogen (secondary N) is 2. The van der Waals surface area contributed by atoms with E-state index in [0.29, 0.717) is 4.97 Å². The van der Waals surface area contributed by atoms with Crippen molar-refractivity contribution in [3.8, 4) is 0 Å². The Morgan fingerprint density at radius 1 is 1.71 bits per heavy atom. The molecule has 2 N–H and O–H groups in total. The first-order chi connectivity index (χ1) is 3.39. The molecule has 0 spiro atoms. The van der Waals surface area contributed by atoms with E-state index in [0.717, 1.165) is 0 Å². The third kappa shape index (κ3) is 0.783. The van der Waals surface area contributed by atoms with E-state index in [2.05, 4.69) is 16.1 Å². The molecule has 7 heavy (non-hydrogen) atoms. The van der Waals surface area contributed by atoms with Crippen molar-refractivity contribution in [2.75, 3.05) is 0 Å². The van der Waals surface area contributed by atoms with Crippen LogP contribution in [0, 0.1) is 5.21 Å². The fourth-order valence-corrected chi connectivity index (χ4v) is 0.253. The molecule has 0 aromatic carbocycles. The van der Waals surface area contributed by atoms with Gasteiger partial charge in [0.15, 0.2) is 0 Å². The van der Waals surface area contributed by atoms with Crippen LogP contribution in [0.1, 0.15) is 0 Å². The Labute approximate surface area is 39.9 Å². The smallest absolute Gasteiger partial charge is 0.116 e. The van der Waals surface area contributed by atoms with E-state index in [-0.39, 0.29) is 0 Å². The van der Waals surface area contributed by atoms with Crippen LogP contribution in [0.4, 0.5) is 0 Å². The molecule has 5 heteroatoms. The van der Waals surface area contributed by atoms with E-state index in [1.807, 2.05) is 0 Å². The van der Waals surface area contributed by atoms with E-state index in [4.69, 9.17) is 0 Å². The molecule has 1 heterocycles. The zero-order valence-corrected chi connectivity index (χ0v) is 3.46. The van der Waals surface area contributed by atoms with Crippen molar-refractivity contribution in [1.82, 2.24) is 11.0 Å². The molecule has 0 amide bonds. The summed E-state index contributed by atoms with van der Waals surface area (Å²) in [6, 6.07) is 0. The predicted octanol–water partition coefficient (Wildman–Crippen LogP) is -0.557. The second-order valence-corrected chi connectivity index (χ2v) is 0.960. The van der Waals surface area contributed by atoms with Gasteiger partial charge in [0.05, 0.1) is 4.97 Å². The standard InChI is InChI=1S/C2H4N4O/c7-6-4-2-1-3-5-6/h1-3H,(H,4,5). The van der Waals surface area contributed by atoms with Crippen LogP contribution < -0.4 is 11.0 Å². The quantitative estimate of drug-likeness (QED) is 0.317. The Kier molecular flexibility index (Phi) is 0.816. The topological polar surface area (TPSA) is 62.5 Å². The van der Waals surface area contributed by atoms with Crippen molar-refractivity contribution in [3.63, 3.8) is 0 Å². The zero-order valence-electron chi connectivity index (χ0n) is 3.46. The van der Waals surface area contributed by atoms with Crippen LogP contribution >= 0.6 is 0 Å². The van der Waals surface area contributed by atoms with Crippen LogP contribution in [0.3, 0.4) is 0 Å². The summed E-state index contributed by atoms with van der Waals surface area (Å²) in [6.45, 7) is 0. The highest BCUT2D eigenvalue weighted by atomic mass is 16.5. The highest BCUT2D eigenvalue weighted by Crippen LogP contribution is 1.75. The van der Waals surface area contributed by atoms with Gasteiger partial charge in [0.1, 0.15) is 6.20 Å². The minimum atomic E-state index is 0.319. The van der Waals surface area contributed by atoms with Gasteiger partial charge in [-0.15, -0.1) is 0 Å². The molecule has 0 atom stereocenters. The van der Waals surface area contributed by atoms with Crippen molar-refractivity contribution in [2.24, 2.45) is 5.11 Å². The number of hydrazine groups is 2. The molecule has 0 aromatic rings. The summed E-state index contributed by atoms with van der Waals surface area (Å²) in [5.74, 6) is 0. The van der Waals surface area contributed by atoms with Gasteiger partial charge < -0.3 is 5.21 Å². The highest BCUT2D eigenvalue weighted by Gasteiger charge is 1.89. The Balaban J connectivity index is 2.57. The fraction of sp³-hybridized carbons (Fsp3) is 0. The maximum atomic E-state index is 9.99. The highest BCUT2D eigenvalue weighted by molar-refractivity contribution is 4.71. The van der Waals surface area contributed by atoms with Gasteiger partial charge >= 0.3 is 0 Å². The van der Waals surface area contributed by atoms with Crippen LogP contribution in [0.25, 0.3) is 0 Å². The van der Waals surface area contributed by atoms with Crippen LogP contribution in [0.5, 0.6) is 0 Å². The van der Waals surface area contributed by atoms with Gasteiger partial charge in [-0.25, -0.2) is 0 Å². The molecule has 1 aliphatic rings. The monoisotopic (exact) mass is 100 g/mol. The maximum Gasteiger partial charge on any atom is 0.116 e. The summed E-state index contributed by atoms with van der Waals surface area (Å²) in [5.41, 5.74) is 4.58. The lowest BCUT2D eigenvalue weighted by Gasteiger charge is -2.01. The largest absolute Gasteiger partial charge is 0.570 e. The van der Waals surface area contributed by atoms with E-state index >= 15 is 0 Å². The van der Waals surface area contributed by atoms with Crippen molar-refractivity contribution in [2.45, 2.75) is 0 Å². The lowest BCUT2D eigenvalue weighted by Crippen LogP contribution is -2.34. The fourth-order valence-electron chi connectivity index (χ4n) is 0.253. The van der Waals surface area contributed by atoms with Crippen LogP contribution in [-0.4, -0.2) is 4.97 Å². The molecule has 0 unspecified atom stereocenters. The first kappa shape index (κ1) is 3.91. The summed E-state index contributed by atoms with van der Waals surface area (Å²) in [6.07, 6.45) is 2.86. The van der Waals surface area contributed by atoms with Gasteiger partial charge in [0, 0.05) is 11.3 Å². The molecule has 0 aromatic heterocycles. The maximum absolute atomic E-state index is 9.99. The molecule has 0 fully saturated rings. The summed E-state index contributed by atoms with van der Waals surface area (Å²) in [4.78, 5) is 0.319. The molecule has 1 aliphatic heterocycles. The number of hydrogen-bond acceptors (Lipinski definition) is 4. The van der Waals surface area contributed by atoms with Gasteiger partial charge in [-0.3, -0.25) is 5.43 Å². The first-order valence-electron chi connectivity index (χ1n) is 1.74. The molecule has 5 nitrogen and oxygen atoms in total. The summed E-state index contributed by atoms with van der Waals surface area (Å²) in [7, 11) is 0. The lowest BCUT2D eigenvalue weighted by atomic mass is 10.9. The van der Waals surface area contributed by atoms with E-state index in [1.54, 1.807) is 0 Å². The van der Waals surface area contributed by atoms with Gasteiger partial charge in [-0.05, 0) is 0 Å². The molecule has 0 aliphatic carbocycles. The molecule has 38 valence electrons. The van der Waals surface area contributed by atoms with Gasteiger partial charge in [-0.2, -0.15) is 0 Å². The second kappa shape index (κ2) is 1.46. The Bertz CT molecular complexity index is 117. The van der Waals surface area contributed by atoms with Crippen LogP contribution in [-0.2, 0) is 0 Å². The van der Waals surface area contributed by atoms with Gasteiger partial charge in [-0.1, -0.05) is 5.53 Å². The second-order valence-electron chi connectivity index (χ2n) is 0.960. The van der Waals surface area contributed by atoms with Gasteiger partial charge in [0.2, 0.25) is 0 Å². The van der Waals surface area contributed by atoms with Crippen LogP contribution in [0.2, 0.25) is 0 Å². The molecule has 1 rings (SSSR count). The third-order valence-electron chi connectivity index (χ3n) is 0.490. The van der Waals surface area contributed by atoms with E-state index < -0.39 is 0 Å². The Hall–Kier alpha value is -1.26. The minimum absolute atomic E-state index is 0.319. The number of rotatable bonds is 0. The molecular formula is C2H4N4O. The molecule has 0 radical (unpaired) electrons. The van der Waals surface area contributed by atoms with Crippen molar-refractivity contribution >= 4 is 0 Å². The van der Waals surface area contributed by atoms with E-state index in [9.17, 15) is 5.21 Å². The minimum Gasteiger partial charge on any atom is -0.570 e. The van der Waals surface area contributed by atoms with Crippen LogP contribution in [0.15, 0.2) is 17.5 Å². The van der Waals surface area contributed by atoms with Crippen molar-refractivity contribution < 1.29 is 4.97 Å². The van der Waals surface area contributed by atoms with Crippen molar-refractivity contribution in [1.29, 1.82) is 0 Å². The van der Waals surface area contributed by atoms with Gasteiger partial charge in [0.25, 0.3) is 0 Å². The Morgan fingerprint density at radius 3 is 2.86 bits per heavy atom. The summed E-state index contributed by atoms with van der Waals surface area (Å²) in [5, 5.41) is 13.2. The summed E-state index contributed by atoms with van der Waals surface area (Å²) >= 11 is 0. The average Bonchev–Trinajstić information content (AvgIpc) is 1.69. The normalized spacial score (nSPS) is 16.9. The molecule has 0 saturated carbocycles. The third-order valence-corrected chi connectivity index (χ3v) is 0.490. The summed E-state index contributed by atoms with van der Waals surface area (Å²) < 4.78 is 0. The number of hydrogen-bond donors (Lipinski definition) is 2. The predicted molar refractivity (Wildman–Crippen MR) is 21.5 cm³/mol. The molecule has 0 saturated heterocycles. The molecule has 0 bridgehead atoms. The number of nitrogens with zero attached hydrogens (tertiary/aromatic N) is 2. The lowest BCUT2D eigenvalue weighted by molar-refractivity contribution is -0.597. The average molecular weight is 100 g/mol. The first-order valence-corrected chi connectivity index (χ1v) is 1.74. The zero-order chi connectivity index (χ0) is 5.11. The molecular weight excluding hydrogens is 96.0 g/mol. The van der Waals surface area contributed by atoms with E-state index in [1.165, 1.54) is 12.4 Å². The van der Waals surface area contributed by atoms with Crippen molar-refractivity contribution in [3.05, 3.63) is 17.6 Å².